The average Bonchev–Trinajstić information content (AvgIpc) is 3.29. The Labute approximate surface area is 133 Å². The van der Waals surface area contributed by atoms with Crippen LogP contribution in [0.5, 0.6) is 0 Å². The molecular weight excluding hydrogens is 294 g/mol. The molecule has 4 nitrogen and oxygen atoms in total. The molecule has 1 atom stereocenters. The lowest BCUT2D eigenvalue weighted by Crippen LogP contribution is -2.35. The van der Waals surface area contributed by atoms with Gasteiger partial charge in [-0.25, -0.2) is 4.98 Å². The number of hydrogen-bond acceptors (Lipinski definition) is 4. The quantitative estimate of drug-likeness (QED) is 0.923. The van der Waals surface area contributed by atoms with Crippen LogP contribution in [0.15, 0.2) is 30.3 Å². The van der Waals surface area contributed by atoms with Crippen molar-refractivity contribution in [2.45, 2.75) is 32.2 Å². The second-order valence-corrected chi connectivity index (χ2v) is 6.69. The van der Waals surface area contributed by atoms with Gasteiger partial charge < -0.3 is 5.32 Å². The molecule has 1 aliphatic carbocycles. The number of nitrogens with zero attached hydrogens (tertiary/aromatic N) is 2. The van der Waals surface area contributed by atoms with Crippen molar-refractivity contribution in [3.8, 4) is 6.07 Å². The van der Waals surface area contributed by atoms with Gasteiger partial charge in [-0.2, -0.15) is 5.26 Å². The molecule has 0 spiro atoms. The third kappa shape index (κ3) is 3.34. The van der Waals surface area contributed by atoms with Crippen LogP contribution in [-0.2, 0) is 6.42 Å². The van der Waals surface area contributed by atoms with Crippen LogP contribution in [-0.4, -0.2) is 16.9 Å². The number of carbonyl (C=O) groups excluding carboxylic acids is 1. The first-order valence-electron chi connectivity index (χ1n) is 7.38. The van der Waals surface area contributed by atoms with E-state index < -0.39 is 0 Å². The molecule has 1 aliphatic rings. The number of aromatic nitrogens is 1. The van der Waals surface area contributed by atoms with Gasteiger partial charge in [-0.1, -0.05) is 30.3 Å². The molecule has 5 heteroatoms. The molecule has 0 aliphatic heterocycles. The van der Waals surface area contributed by atoms with Gasteiger partial charge in [-0.05, 0) is 31.2 Å². The maximum absolute atomic E-state index is 12.3. The Kier molecular flexibility index (Phi) is 4.21. The maximum Gasteiger partial charge on any atom is 0.264 e. The molecule has 1 N–H and O–H groups in total. The molecule has 0 unspecified atom stereocenters. The van der Waals surface area contributed by atoms with Crippen LogP contribution in [0.25, 0.3) is 0 Å². The Bertz CT molecular complexity index is 713. The fourth-order valence-electron chi connectivity index (χ4n) is 2.40. The summed E-state index contributed by atoms with van der Waals surface area (Å²) in [7, 11) is 0. The topological polar surface area (TPSA) is 65.8 Å². The largest absolute Gasteiger partial charge is 0.335 e. The first-order valence-corrected chi connectivity index (χ1v) is 8.19. The zero-order valence-electron chi connectivity index (χ0n) is 12.4. The van der Waals surface area contributed by atoms with E-state index in [2.05, 4.69) is 28.5 Å². The van der Waals surface area contributed by atoms with Crippen molar-refractivity contribution < 1.29 is 4.79 Å². The van der Waals surface area contributed by atoms with Crippen molar-refractivity contribution in [3.63, 3.8) is 0 Å². The second-order valence-electron chi connectivity index (χ2n) is 5.60. The molecular formula is C17H17N3OS. The Balaban J connectivity index is 1.71. The number of benzene rings is 1. The molecule has 3 rings (SSSR count). The molecule has 1 amide bonds. The summed E-state index contributed by atoms with van der Waals surface area (Å²) in [6.45, 7) is 1.85. The van der Waals surface area contributed by atoms with Crippen LogP contribution in [0.4, 0.5) is 0 Å². The molecule has 1 fully saturated rings. The minimum atomic E-state index is -0.369. The van der Waals surface area contributed by atoms with Crippen molar-refractivity contribution in [2.75, 3.05) is 0 Å². The van der Waals surface area contributed by atoms with Crippen LogP contribution >= 0.6 is 11.3 Å². The highest BCUT2D eigenvalue weighted by Crippen LogP contribution is 2.32. The van der Waals surface area contributed by atoms with Crippen LogP contribution in [0.3, 0.4) is 0 Å². The molecule has 1 aromatic heterocycles. The van der Waals surface area contributed by atoms with Gasteiger partial charge in [-0.15, -0.1) is 11.3 Å². The van der Waals surface area contributed by atoms with Crippen LogP contribution in [0.1, 0.15) is 38.8 Å². The minimum Gasteiger partial charge on any atom is -0.335 e. The average molecular weight is 311 g/mol. The van der Waals surface area contributed by atoms with E-state index in [1.165, 1.54) is 16.9 Å². The third-order valence-corrected chi connectivity index (χ3v) is 4.92. The van der Waals surface area contributed by atoms with Crippen LogP contribution in [0, 0.1) is 24.2 Å². The van der Waals surface area contributed by atoms with E-state index in [9.17, 15) is 4.79 Å². The van der Waals surface area contributed by atoms with Gasteiger partial charge in [0.1, 0.15) is 10.9 Å². The van der Waals surface area contributed by atoms with Crippen molar-refractivity contribution in [2.24, 2.45) is 5.92 Å². The molecule has 22 heavy (non-hydrogen) atoms. The van der Waals surface area contributed by atoms with E-state index in [-0.39, 0.29) is 11.9 Å². The van der Waals surface area contributed by atoms with Gasteiger partial charge >= 0.3 is 0 Å². The summed E-state index contributed by atoms with van der Waals surface area (Å²) >= 11 is 1.41. The fourth-order valence-corrected chi connectivity index (χ4v) is 3.40. The fraction of sp³-hybridized carbons (Fsp3) is 0.353. The number of amides is 1. The predicted octanol–water partition coefficient (Wildman–Crippen LogP) is 3.07. The van der Waals surface area contributed by atoms with Crippen LogP contribution in [0.2, 0.25) is 0 Å². The van der Waals surface area contributed by atoms with Gasteiger partial charge in [0.05, 0.1) is 16.8 Å². The first kappa shape index (κ1) is 14.7. The Morgan fingerprint density at radius 3 is 2.82 bits per heavy atom. The highest BCUT2D eigenvalue weighted by molar-refractivity contribution is 7.13. The van der Waals surface area contributed by atoms with Crippen molar-refractivity contribution in [1.29, 1.82) is 5.26 Å². The molecule has 2 aromatic rings. The lowest BCUT2D eigenvalue weighted by atomic mass is 10.2. The van der Waals surface area contributed by atoms with Crippen LogP contribution < -0.4 is 5.32 Å². The number of hydrogen-bond donors (Lipinski definition) is 1. The SMILES string of the molecule is Cc1nc(Cc2ccccc2)sc1C(=O)N[C@@H](C#N)C1CC1. The number of nitriles is 1. The van der Waals surface area contributed by atoms with Crippen molar-refractivity contribution >= 4 is 17.2 Å². The second kappa shape index (κ2) is 6.29. The molecule has 0 radical (unpaired) electrons. The number of aryl methyl sites for hydroxylation is 1. The normalized spacial score (nSPS) is 15.1. The predicted molar refractivity (Wildman–Crippen MR) is 85.7 cm³/mol. The van der Waals surface area contributed by atoms with Crippen molar-refractivity contribution in [1.82, 2.24) is 10.3 Å². The molecule has 1 heterocycles. The summed E-state index contributed by atoms with van der Waals surface area (Å²) in [6, 6.07) is 11.9. The highest BCUT2D eigenvalue weighted by Gasteiger charge is 2.33. The number of rotatable bonds is 5. The van der Waals surface area contributed by atoms with Gasteiger partial charge in [-0.3, -0.25) is 4.79 Å². The standard InChI is InChI=1S/C17H17N3OS/c1-11-16(17(21)20-14(10-18)13-7-8-13)22-15(19-11)9-12-5-3-2-4-6-12/h2-6,13-14H,7-9H2,1H3,(H,20,21)/t14-/m0/s1. The molecule has 1 aromatic carbocycles. The molecule has 0 bridgehead atoms. The number of carbonyl (C=O) groups is 1. The van der Waals surface area contributed by atoms with E-state index in [1.807, 2.05) is 25.1 Å². The Hall–Kier alpha value is -2.19. The van der Waals surface area contributed by atoms with E-state index in [1.54, 1.807) is 0 Å². The zero-order chi connectivity index (χ0) is 15.5. The maximum atomic E-state index is 12.3. The lowest BCUT2D eigenvalue weighted by molar-refractivity contribution is 0.0945. The smallest absolute Gasteiger partial charge is 0.264 e. The van der Waals surface area contributed by atoms with Gasteiger partial charge in [0.15, 0.2) is 0 Å². The van der Waals surface area contributed by atoms with Gasteiger partial charge in [0.25, 0.3) is 5.91 Å². The number of thiazole rings is 1. The summed E-state index contributed by atoms with van der Waals surface area (Å²) in [5.41, 5.74) is 1.91. The first-order chi connectivity index (χ1) is 10.7. The molecule has 1 saturated carbocycles. The van der Waals surface area contributed by atoms with Gasteiger partial charge in [0.2, 0.25) is 0 Å². The minimum absolute atomic E-state index is 0.173. The summed E-state index contributed by atoms with van der Waals surface area (Å²) in [5.74, 6) is 0.152. The number of nitrogens with one attached hydrogen (secondary N) is 1. The monoisotopic (exact) mass is 311 g/mol. The van der Waals surface area contributed by atoms with Gasteiger partial charge in [0, 0.05) is 6.42 Å². The zero-order valence-corrected chi connectivity index (χ0v) is 13.2. The summed E-state index contributed by atoms with van der Waals surface area (Å²) < 4.78 is 0. The Morgan fingerprint density at radius 1 is 1.45 bits per heavy atom. The summed E-state index contributed by atoms with van der Waals surface area (Å²) in [5, 5.41) is 12.9. The van der Waals surface area contributed by atoms with Crippen molar-refractivity contribution in [3.05, 3.63) is 51.5 Å². The lowest BCUT2D eigenvalue weighted by Gasteiger charge is -2.09. The van der Waals surface area contributed by atoms with E-state index in [4.69, 9.17) is 5.26 Å². The summed E-state index contributed by atoms with van der Waals surface area (Å²) in [6.07, 6.45) is 2.78. The third-order valence-electron chi connectivity index (χ3n) is 3.76. The summed E-state index contributed by atoms with van der Waals surface area (Å²) in [4.78, 5) is 17.5. The Morgan fingerprint density at radius 2 is 2.18 bits per heavy atom. The highest BCUT2D eigenvalue weighted by atomic mass is 32.1. The molecule has 112 valence electrons. The van der Waals surface area contributed by atoms with E-state index in [0.717, 1.165) is 30.0 Å². The molecule has 0 saturated heterocycles. The van der Waals surface area contributed by atoms with E-state index in [0.29, 0.717) is 10.8 Å². The van der Waals surface area contributed by atoms with E-state index >= 15 is 0 Å².